The molecule has 0 amide bonds. The van der Waals surface area contributed by atoms with Crippen molar-refractivity contribution in [1.82, 2.24) is 0 Å². The van der Waals surface area contributed by atoms with Crippen LogP contribution in [0.2, 0.25) is 10.0 Å². The van der Waals surface area contributed by atoms with E-state index in [-0.39, 0.29) is 4.90 Å². The number of benzene rings is 3. The number of hydrogen-bond donors (Lipinski definition) is 3. The summed E-state index contributed by atoms with van der Waals surface area (Å²) in [5.74, 6) is 0. The Morgan fingerprint density at radius 1 is 0.793 bits per heavy atom. The van der Waals surface area contributed by atoms with Gasteiger partial charge in [0.25, 0.3) is 10.0 Å². The summed E-state index contributed by atoms with van der Waals surface area (Å²) in [6.45, 7) is 1.90. The van der Waals surface area contributed by atoms with Crippen molar-refractivity contribution in [3.05, 3.63) is 82.3 Å². The summed E-state index contributed by atoms with van der Waals surface area (Å²) in [4.78, 5) is 0.206. The van der Waals surface area contributed by atoms with E-state index in [1.807, 2.05) is 6.92 Å². The van der Waals surface area contributed by atoms with E-state index in [1.165, 1.54) is 0 Å². The molecule has 0 bridgehead atoms. The number of thiocarbonyl (C=S) groups is 1. The van der Waals surface area contributed by atoms with Crippen LogP contribution in [-0.2, 0) is 10.0 Å². The minimum Gasteiger partial charge on any atom is -0.332 e. The molecule has 3 aromatic carbocycles. The van der Waals surface area contributed by atoms with Gasteiger partial charge in [0, 0.05) is 17.1 Å². The fourth-order valence-electron chi connectivity index (χ4n) is 2.42. The van der Waals surface area contributed by atoms with E-state index in [1.54, 1.807) is 66.7 Å². The summed E-state index contributed by atoms with van der Waals surface area (Å²) in [7, 11) is -3.65. The second-order valence-corrected chi connectivity index (χ2v) is 9.11. The molecule has 0 atom stereocenters. The van der Waals surface area contributed by atoms with E-state index in [2.05, 4.69) is 15.4 Å². The number of nitrogens with one attached hydrogen (secondary N) is 3. The van der Waals surface area contributed by atoms with Gasteiger partial charge in [-0.05, 0) is 73.7 Å². The minimum atomic E-state index is -3.65. The Labute approximate surface area is 185 Å². The lowest BCUT2D eigenvalue weighted by molar-refractivity contribution is 0.601. The first-order chi connectivity index (χ1) is 13.7. The highest BCUT2D eigenvalue weighted by Crippen LogP contribution is 2.25. The molecule has 3 aromatic rings. The van der Waals surface area contributed by atoms with Crippen LogP contribution in [0.3, 0.4) is 0 Å². The fourth-order valence-corrected chi connectivity index (χ4v) is 4.01. The summed E-state index contributed by atoms with van der Waals surface area (Å²) in [6, 6.07) is 18.5. The van der Waals surface area contributed by atoms with E-state index in [0.29, 0.717) is 32.2 Å². The summed E-state index contributed by atoms with van der Waals surface area (Å²) in [6.07, 6.45) is 0. The van der Waals surface area contributed by atoms with Crippen molar-refractivity contribution < 1.29 is 8.42 Å². The zero-order valence-corrected chi connectivity index (χ0v) is 18.4. The molecule has 0 fully saturated rings. The number of rotatable bonds is 5. The summed E-state index contributed by atoms with van der Waals surface area (Å²) in [5, 5.41) is 7.26. The number of halogens is 2. The van der Waals surface area contributed by atoms with Crippen molar-refractivity contribution in [2.75, 3.05) is 15.4 Å². The second-order valence-electron chi connectivity index (χ2n) is 6.20. The third-order valence-corrected chi connectivity index (χ3v) is 6.24. The summed E-state index contributed by atoms with van der Waals surface area (Å²) in [5.41, 5.74) is 2.82. The van der Waals surface area contributed by atoms with Gasteiger partial charge in [-0.3, -0.25) is 4.72 Å². The van der Waals surface area contributed by atoms with Gasteiger partial charge in [0.05, 0.1) is 14.9 Å². The van der Waals surface area contributed by atoms with Gasteiger partial charge in [0.15, 0.2) is 5.11 Å². The Morgan fingerprint density at radius 2 is 1.34 bits per heavy atom. The first-order valence-corrected chi connectivity index (χ1v) is 11.1. The van der Waals surface area contributed by atoms with Gasteiger partial charge >= 0.3 is 0 Å². The quantitative estimate of drug-likeness (QED) is 0.408. The minimum absolute atomic E-state index is 0.206. The van der Waals surface area contributed by atoms with Crippen LogP contribution in [0.1, 0.15) is 5.56 Å². The molecule has 0 heterocycles. The molecule has 150 valence electrons. The van der Waals surface area contributed by atoms with Crippen molar-refractivity contribution in [2.45, 2.75) is 11.8 Å². The Hall–Kier alpha value is -2.32. The Morgan fingerprint density at radius 3 is 1.97 bits per heavy atom. The molecule has 3 rings (SSSR count). The molecule has 0 saturated carbocycles. The van der Waals surface area contributed by atoms with Gasteiger partial charge in [-0.25, -0.2) is 8.42 Å². The lowest BCUT2D eigenvalue weighted by Gasteiger charge is -2.12. The van der Waals surface area contributed by atoms with Crippen molar-refractivity contribution in [2.24, 2.45) is 0 Å². The second kappa shape index (κ2) is 9.00. The average Bonchev–Trinajstić information content (AvgIpc) is 2.66. The topological polar surface area (TPSA) is 70.2 Å². The third-order valence-electron chi connectivity index (χ3n) is 3.90. The molecule has 0 aliphatic carbocycles. The SMILES string of the molecule is Cc1ccc(S(=O)(=O)Nc2ccc(NC(=S)Nc3ccc(Cl)c(Cl)c3)cc2)cc1. The molecule has 0 unspecified atom stereocenters. The van der Waals surface area contributed by atoms with E-state index in [9.17, 15) is 8.42 Å². The van der Waals surface area contributed by atoms with Crippen LogP contribution in [0.4, 0.5) is 17.1 Å². The smallest absolute Gasteiger partial charge is 0.261 e. The van der Waals surface area contributed by atoms with Crippen molar-refractivity contribution in [3.63, 3.8) is 0 Å². The van der Waals surface area contributed by atoms with E-state index in [4.69, 9.17) is 35.4 Å². The predicted octanol–water partition coefficient (Wildman–Crippen LogP) is 5.91. The first kappa shape index (κ1) is 21.4. The monoisotopic (exact) mass is 465 g/mol. The summed E-state index contributed by atoms with van der Waals surface area (Å²) >= 11 is 17.2. The van der Waals surface area contributed by atoms with Crippen LogP contribution in [0.15, 0.2) is 71.6 Å². The Kier molecular flexibility index (Phi) is 6.64. The predicted molar refractivity (Wildman–Crippen MR) is 125 cm³/mol. The van der Waals surface area contributed by atoms with Crippen LogP contribution < -0.4 is 15.4 Å². The van der Waals surface area contributed by atoms with Gasteiger partial charge < -0.3 is 10.6 Å². The standard InChI is InChI=1S/C20H17Cl2N3O2S2/c1-13-2-9-17(10-3-13)29(26,27)25-15-6-4-14(5-7-15)23-20(28)24-16-8-11-18(21)19(22)12-16/h2-12,25H,1H3,(H2,23,24,28). The molecular weight excluding hydrogens is 449 g/mol. The largest absolute Gasteiger partial charge is 0.332 e. The van der Waals surface area contributed by atoms with Crippen LogP contribution in [0.5, 0.6) is 0 Å². The molecule has 0 spiro atoms. The molecule has 0 aromatic heterocycles. The molecule has 29 heavy (non-hydrogen) atoms. The number of hydrogen-bond acceptors (Lipinski definition) is 3. The third kappa shape index (κ3) is 5.83. The maximum Gasteiger partial charge on any atom is 0.261 e. The lowest BCUT2D eigenvalue weighted by atomic mass is 10.2. The van der Waals surface area contributed by atoms with Gasteiger partial charge in [0.2, 0.25) is 0 Å². The van der Waals surface area contributed by atoms with Gasteiger partial charge in [0.1, 0.15) is 0 Å². The molecule has 0 radical (unpaired) electrons. The number of anilines is 3. The number of aryl methyl sites for hydroxylation is 1. The van der Waals surface area contributed by atoms with Crippen molar-refractivity contribution >= 4 is 67.6 Å². The van der Waals surface area contributed by atoms with Crippen LogP contribution in [0, 0.1) is 6.92 Å². The number of sulfonamides is 1. The highest BCUT2D eigenvalue weighted by molar-refractivity contribution is 7.92. The van der Waals surface area contributed by atoms with E-state index in [0.717, 1.165) is 5.56 Å². The lowest BCUT2D eigenvalue weighted by Crippen LogP contribution is -2.19. The van der Waals surface area contributed by atoms with Gasteiger partial charge in [-0.1, -0.05) is 40.9 Å². The highest BCUT2D eigenvalue weighted by Gasteiger charge is 2.13. The Bertz CT molecular complexity index is 1130. The van der Waals surface area contributed by atoms with Crippen molar-refractivity contribution in [3.8, 4) is 0 Å². The summed E-state index contributed by atoms with van der Waals surface area (Å²) < 4.78 is 27.5. The molecule has 5 nitrogen and oxygen atoms in total. The molecule has 3 N–H and O–H groups in total. The zero-order valence-electron chi connectivity index (χ0n) is 15.2. The van der Waals surface area contributed by atoms with E-state index < -0.39 is 10.0 Å². The van der Waals surface area contributed by atoms with Crippen LogP contribution in [-0.4, -0.2) is 13.5 Å². The van der Waals surface area contributed by atoms with Crippen molar-refractivity contribution in [1.29, 1.82) is 0 Å². The van der Waals surface area contributed by atoms with Gasteiger partial charge in [-0.2, -0.15) is 0 Å². The molecule has 0 aliphatic rings. The molecule has 0 aliphatic heterocycles. The zero-order chi connectivity index (χ0) is 21.0. The van der Waals surface area contributed by atoms with Gasteiger partial charge in [-0.15, -0.1) is 0 Å². The average molecular weight is 466 g/mol. The first-order valence-electron chi connectivity index (χ1n) is 8.45. The van der Waals surface area contributed by atoms with E-state index >= 15 is 0 Å². The molecule has 9 heteroatoms. The highest BCUT2D eigenvalue weighted by atomic mass is 35.5. The normalized spacial score (nSPS) is 11.0. The fraction of sp³-hybridized carbons (Fsp3) is 0.0500. The Balaban J connectivity index is 1.63. The van der Waals surface area contributed by atoms with Crippen LogP contribution in [0.25, 0.3) is 0 Å². The molecular formula is C20H17Cl2N3O2S2. The molecule has 0 saturated heterocycles. The maximum atomic E-state index is 12.5. The van der Waals surface area contributed by atoms with Crippen LogP contribution >= 0.6 is 35.4 Å². The maximum absolute atomic E-state index is 12.5.